The van der Waals surface area contributed by atoms with Gasteiger partial charge in [-0.2, -0.15) is 0 Å². The molecule has 1 unspecified atom stereocenters. The summed E-state index contributed by atoms with van der Waals surface area (Å²) in [7, 11) is 0. The molecular formula is C15H25NO2. The van der Waals surface area contributed by atoms with Gasteiger partial charge in [-0.1, -0.05) is 19.9 Å². The first-order chi connectivity index (χ1) is 8.51. The highest BCUT2D eigenvalue weighted by atomic mass is 16.5. The maximum Gasteiger partial charge on any atom is 0.128 e. The van der Waals surface area contributed by atoms with Gasteiger partial charge in [-0.3, -0.25) is 4.90 Å². The normalized spacial score (nSPS) is 12.8. The monoisotopic (exact) mass is 251 g/mol. The topological polar surface area (TPSA) is 32.7 Å². The van der Waals surface area contributed by atoms with E-state index in [2.05, 4.69) is 25.7 Å². The van der Waals surface area contributed by atoms with Gasteiger partial charge in [0, 0.05) is 11.6 Å². The molecule has 102 valence electrons. The molecule has 1 N–H and O–H groups in total. The van der Waals surface area contributed by atoms with Crippen LogP contribution in [0.1, 0.15) is 31.9 Å². The minimum absolute atomic E-state index is 0.297. The highest BCUT2D eigenvalue weighted by Gasteiger charge is 2.13. The van der Waals surface area contributed by atoms with Crippen LogP contribution in [0.5, 0.6) is 11.5 Å². The number of hydrogen-bond donors (Lipinski definition) is 1. The van der Waals surface area contributed by atoms with Crippen molar-refractivity contribution in [3.8, 4) is 11.5 Å². The summed E-state index contributed by atoms with van der Waals surface area (Å²) in [5, 5.41) is 9.70. The quantitative estimate of drug-likeness (QED) is 0.843. The Morgan fingerprint density at radius 3 is 2.39 bits per heavy atom. The smallest absolute Gasteiger partial charge is 0.128 e. The highest BCUT2D eigenvalue weighted by Crippen LogP contribution is 2.30. The van der Waals surface area contributed by atoms with Crippen LogP contribution in [0.3, 0.4) is 0 Å². The number of aromatic hydroxyl groups is 1. The van der Waals surface area contributed by atoms with Crippen LogP contribution in [-0.4, -0.2) is 35.7 Å². The molecule has 0 aliphatic heterocycles. The number of phenolic OH excluding ortho intramolecular Hbond substituents is 1. The van der Waals surface area contributed by atoms with Gasteiger partial charge in [0.05, 0.1) is 0 Å². The largest absolute Gasteiger partial charge is 0.508 e. The Balaban J connectivity index is 2.72. The summed E-state index contributed by atoms with van der Waals surface area (Å²) in [6, 6.07) is 3.98. The summed E-state index contributed by atoms with van der Waals surface area (Å²) in [4.78, 5) is 2.35. The third-order valence-corrected chi connectivity index (χ3v) is 3.48. The van der Waals surface area contributed by atoms with Crippen molar-refractivity contribution in [3.05, 3.63) is 23.3 Å². The van der Waals surface area contributed by atoms with Crippen LogP contribution in [0.2, 0.25) is 0 Å². The first-order valence-corrected chi connectivity index (χ1v) is 6.67. The number of ether oxygens (including phenoxy) is 1. The predicted molar refractivity (Wildman–Crippen MR) is 75.5 cm³/mol. The number of aryl methyl sites for hydroxylation is 1. The molecule has 0 heterocycles. The Hall–Kier alpha value is -1.22. The number of hydrogen-bond acceptors (Lipinski definition) is 3. The van der Waals surface area contributed by atoms with Crippen LogP contribution in [0, 0.1) is 13.8 Å². The van der Waals surface area contributed by atoms with Crippen LogP contribution in [0.4, 0.5) is 0 Å². The van der Waals surface area contributed by atoms with Crippen molar-refractivity contribution >= 4 is 0 Å². The first-order valence-electron chi connectivity index (χ1n) is 6.67. The van der Waals surface area contributed by atoms with E-state index in [1.54, 1.807) is 6.07 Å². The SMILES string of the molecule is CCN(CC)C(C)COc1c(C)ccc(O)c1C. The molecule has 0 aromatic heterocycles. The zero-order valence-corrected chi connectivity index (χ0v) is 12.2. The average Bonchev–Trinajstić information content (AvgIpc) is 2.35. The van der Waals surface area contributed by atoms with E-state index in [0.29, 0.717) is 18.4 Å². The number of rotatable bonds is 6. The van der Waals surface area contributed by atoms with E-state index in [1.165, 1.54) is 0 Å². The minimum atomic E-state index is 0.297. The van der Waals surface area contributed by atoms with E-state index >= 15 is 0 Å². The van der Waals surface area contributed by atoms with Gasteiger partial charge in [0.25, 0.3) is 0 Å². The molecule has 0 radical (unpaired) electrons. The summed E-state index contributed by atoms with van der Waals surface area (Å²) < 4.78 is 5.89. The van der Waals surface area contributed by atoms with Crippen LogP contribution in [-0.2, 0) is 0 Å². The number of nitrogens with zero attached hydrogens (tertiary/aromatic N) is 1. The molecule has 0 saturated carbocycles. The van der Waals surface area contributed by atoms with E-state index in [0.717, 1.165) is 30.0 Å². The molecule has 18 heavy (non-hydrogen) atoms. The minimum Gasteiger partial charge on any atom is -0.508 e. The fourth-order valence-corrected chi connectivity index (χ4v) is 2.20. The molecule has 1 aromatic carbocycles. The van der Waals surface area contributed by atoms with Crippen LogP contribution in [0.25, 0.3) is 0 Å². The number of phenols is 1. The second kappa shape index (κ2) is 6.64. The third-order valence-electron chi connectivity index (χ3n) is 3.48. The molecule has 1 rings (SSSR count). The molecule has 0 fully saturated rings. The van der Waals surface area contributed by atoms with Gasteiger partial charge in [-0.15, -0.1) is 0 Å². The Kier molecular flexibility index (Phi) is 5.48. The van der Waals surface area contributed by atoms with Gasteiger partial charge in [0.2, 0.25) is 0 Å². The summed E-state index contributed by atoms with van der Waals surface area (Å²) >= 11 is 0. The molecule has 0 spiro atoms. The Morgan fingerprint density at radius 2 is 1.83 bits per heavy atom. The Labute approximate surface area is 110 Å². The number of likely N-dealkylation sites (N-methyl/N-ethyl adjacent to an activating group) is 1. The van der Waals surface area contributed by atoms with E-state index in [4.69, 9.17) is 4.74 Å². The molecule has 0 aliphatic carbocycles. The first kappa shape index (κ1) is 14.8. The van der Waals surface area contributed by atoms with Crippen molar-refractivity contribution in [2.45, 2.75) is 40.7 Å². The molecule has 1 aromatic rings. The lowest BCUT2D eigenvalue weighted by Crippen LogP contribution is -2.37. The molecule has 0 aliphatic rings. The maximum atomic E-state index is 9.70. The van der Waals surface area contributed by atoms with Gasteiger partial charge >= 0.3 is 0 Å². The zero-order valence-electron chi connectivity index (χ0n) is 12.2. The predicted octanol–water partition coefficient (Wildman–Crippen LogP) is 3.12. The fourth-order valence-electron chi connectivity index (χ4n) is 2.20. The van der Waals surface area contributed by atoms with E-state index in [-0.39, 0.29) is 0 Å². The lowest BCUT2D eigenvalue weighted by molar-refractivity contribution is 0.157. The van der Waals surface area contributed by atoms with Crippen molar-refractivity contribution in [2.75, 3.05) is 19.7 Å². The summed E-state index contributed by atoms with van der Waals surface area (Å²) in [6.45, 7) is 13.1. The highest BCUT2D eigenvalue weighted by molar-refractivity contribution is 5.47. The third kappa shape index (κ3) is 3.39. The molecule has 0 bridgehead atoms. The van der Waals surface area contributed by atoms with Crippen molar-refractivity contribution in [1.82, 2.24) is 4.90 Å². The molecule has 0 saturated heterocycles. The van der Waals surface area contributed by atoms with Gasteiger partial charge in [0.1, 0.15) is 18.1 Å². The fraction of sp³-hybridized carbons (Fsp3) is 0.600. The molecule has 1 atom stereocenters. The Bertz CT molecular complexity index is 386. The lowest BCUT2D eigenvalue weighted by atomic mass is 10.1. The molecular weight excluding hydrogens is 226 g/mol. The summed E-state index contributed by atoms with van der Waals surface area (Å²) in [5.74, 6) is 1.11. The van der Waals surface area contributed by atoms with Crippen LogP contribution in [0.15, 0.2) is 12.1 Å². The lowest BCUT2D eigenvalue weighted by Gasteiger charge is -2.26. The van der Waals surface area contributed by atoms with E-state index in [1.807, 2.05) is 19.9 Å². The molecule has 3 nitrogen and oxygen atoms in total. The summed E-state index contributed by atoms with van der Waals surface area (Å²) in [6.07, 6.45) is 0. The standard InChI is InChI=1S/C15H25NO2/c1-6-16(7-2)12(4)10-18-15-11(3)8-9-14(17)13(15)5/h8-9,12,17H,6-7,10H2,1-5H3. The van der Waals surface area contributed by atoms with Crippen molar-refractivity contribution < 1.29 is 9.84 Å². The van der Waals surface area contributed by atoms with Crippen molar-refractivity contribution in [2.24, 2.45) is 0 Å². The number of benzene rings is 1. The Morgan fingerprint density at radius 1 is 1.22 bits per heavy atom. The van der Waals surface area contributed by atoms with Crippen LogP contribution < -0.4 is 4.74 Å². The zero-order chi connectivity index (χ0) is 13.7. The molecule has 0 amide bonds. The van der Waals surface area contributed by atoms with Gasteiger partial charge in [-0.25, -0.2) is 0 Å². The van der Waals surface area contributed by atoms with Crippen LogP contribution >= 0.6 is 0 Å². The van der Waals surface area contributed by atoms with Crippen molar-refractivity contribution in [1.29, 1.82) is 0 Å². The van der Waals surface area contributed by atoms with Gasteiger partial charge < -0.3 is 9.84 Å². The van der Waals surface area contributed by atoms with E-state index in [9.17, 15) is 5.11 Å². The maximum absolute atomic E-state index is 9.70. The second-order valence-electron chi connectivity index (χ2n) is 4.74. The van der Waals surface area contributed by atoms with Gasteiger partial charge in [0.15, 0.2) is 0 Å². The average molecular weight is 251 g/mol. The van der Waals surface area contributed by atoms with Gasteiger partial charge in [-0.05, 0) is 45.5 Å². The van der Waals surface area contributed by atoms with E-state index < -0.39 is 0 Å². The van der Waals surface area contributed by atoms with Crippen molar-refractivity contribution in [3.63, 3.8) is 0 Å². The second-order valence-corrected chi connectivity index (χ2v) is 4.74. The molecule has 3 heteroatoms. The summed E-state index contributed by atoms with van der Waals surface area (Å²) in [5.41, 5.74) is 1.89.